The Balaban J connectivity index is 0.00000242. The van der Waals surface area contributed by atoms with Crippen molar-refractivity contribution in [1.82, 2.24) is 15.1 Å². The number of guanidine groups is 1. The van der Waals surface area contributed by atoms with E-state index in [2.05, 4.69) is 52.5 Å². The Morgan fingerprint density at radius 1 is 1.18 bits per heavy atom. The molecule has 0 amide bonds. The van der Waals surface area contributed by atoms with Crippen LogP contribution in [0, 0.1) is 0 Å². The van der Waals surface area contributed by atoms with Gasteiger partial charge < -0.3 is 10.2 Å². The summed E-state index contributed by atoms with van der Waals surface area (Å²) in [6.07, 6.45) is 1.26. The van der Waals surface area contributed by atoms with Crippen LogP contribution >= 0.6 is 47.5 Å². The van der Waals surface area contributed by atoms with Crippen LogP contribution in [0.25, 0.3) is 0 Å². The third kappa shape index (κ3) is 7.05. The molecule has 0 aromatic carbocycles. The van der Waals surface area contributed by atoms with E-state index < -0.39 is 0 Å². The van der Waals surface area contributed by atoms with Crippen LogP contribution in [0.15, 0.2) is 4.99 Å². The van der Waals surface area contributed by atoms with Gasteiger partial charge >= 0.3 is 0 Å². The third-order valence-corrected chi connectivity index (χ3v) is 6.32. The second-order valence-corrected chi connectivity index (χ2v) is 8.17. The summed E-state index contributed by atoms with van der Waals surface area (Å²) in [7, 11) is 0. The second-order valence-electron chi connectivity index (χ2n) is 5.54. The van der Waals surface area contributed by atoms with Gasteiger partial charge in [0.2, 0.25) is 0 Å². The first-order valence-corrected chi connectivity index (χ1v) is 10.5. The molecule has 1 atom stereocenters. The lowest BCUT2D eigenvalue weighted by molar-refractivity contribution is 0.310. The Labute approximate surface area is 161 Å². The lowest BCUT2D eigenvalue weighted by atomic mass is 10.3. The summed E-state index contributed by atoms with van der Waals surface area (Å²) in [5, 5.41) is 4.24. The zero-order chi connectivity index (χ0) is 14.9. The molecule has 0 aromatic heterocycles. The summed E-state index contributed by atoms with van der Waals surface area (Å²) in [5.74, 6) is 4.92. The molecule has 0 radical (unpaired) electrons. The fourth-order valence-corrected chi connectivity index (χ4v) is 4.87. The van der Waals surface area contributed by atoms with E-state index in [4.69, 9.17) is 4.99 Å². The highest BCUT2D eigenvalue weighted by Gasteiger charge is 2.21. The van der Waals surface area contributed by atoms with Gasteiger partial charge in [-0.3, -0.25) is 9.89 Å². The van der Waals surface area contributed by atoms with Gasteiger partial charge in [-0.25, -0.2) is 0 Å². The van der Waals surface area contributed by atoms with Crippen molar-refractivity contribution < 1.29 is 0 Å². The van der Waals surface area contributed by atoms with E-state index in [-0.39, 0.29) is 24.0 Å². The van der Waals surface area contributed by atoms with Gasteiger partial charge in [0.05, 0.1) is 6.54 Å². The number of rotatable bonds is 5. The maximum atomic E-state index is 4.87. The van der Waals surface area contributed by atoms with E-state index in [1.165, 1.54) is 36.8 Å². The van der Waals surface area contributed by atoms with Crippen molar-refractivity contribution in [3.63, 3.8) is 0 Å². The molecule has 2 rings (SSSR count). The number of thioether (sulfide) groups is 2. The molecule has 2 aliphatic heterocycles. The Kier molecular flexibility index (Phi) is 11.4. The zero-order valence-electron chi connectivity index (χ0n) is 13.9. The van der Waals surface area contributed by atoms with Crippen LogP contribution in [-0.2, 0) is 0 Å². The average molecular weight is 458 g/mol. The van der Waals surface area contributed by atoms with Crippen LogP contribution < -0.4 is 5.32 Å². The van der Waals surface area contributed by atoms with E-state index in [0.717, 1.165) is 43.9 Å². The summed E-state index contributed by atoms with van der Waals surface area (Å²) < 4.78 is 0. The average Bonchev–Trinajstić information content (AvgIpc) is 2.55. The first kappa shape index (κ1) is 20.7. The lowest BCUT2D eigenvalue weighted by Gasteiger charge is -2.34. The first-order chi connectivity index (χ1) is 10.3. The quantitative estimate of drug-likeness (QED) is 0.389. The van der Waals surface area contributed by atoms with Crippen LogP contribution in [0.5, 0.6) is 0 Å². The molecule has 0 aliphatic carbocycles. The minimum atomic E-state index is 0. The predicted octanol–water partition coefficient (Wildman–Crippen LogP) is 2.45. The number of hydrogen-bond donors (Lipinski definition) is 1. The summed E-state index contributed by atoms with van der Waals surface area (Å²) in [5.41, 5.74) is 0. The summed E-state index contributed by atoms with van der Waals surface area (Å²) in [6, 6.07) is 0. The number of nitrogens with zero attached hydrogens (tertiary/aromatic N) is 3. The van der Waals surface area contributed by atoms with Crippen LogP contribution in [-0.4, -0.2) is 84.1 Å². The molecule has 1 unspecified atom stereocenters. The third-order valence-electron chi connectivity index (χ3n) is 4.01. The van der Waals surface area contributed by atoms with Gasteiger partial charge in [0.25, 0.3) is 0 Å². The van der Waals surface area contributed by atoms with Crippen molar-refractivity contribution >= 4 is 53.5 Å². The number of nitrogens with one attached hydrogen (secondary N) is 1. The van der Waals surface area contributed by atoms with Crippen molar-refractivity contribution in [3.05, 3.63) is 0 Å². The highest BCUT2D eigenvalue weighted by molar-refractivity contribution is 14.0. The van der Waals surface area contributed by atoms with Crippen molar-refractivity contribution in [1.29, 1.82) is 0 Å². The van der Waals surface area contributed by atoms with Crippen molar-refractivity contribution in [3.8, 4) is 0 Å². The van der Waals surface area contributed by atoms with E-state index in [9.17, 15) is 0 Å². The molecule has 0 spiro atoms. The number of halogens is 1. The largest absolute Gasteiger partial charge is 0.357 e. The molecule has 0 aromatic rings. The summed E-state index contributed by atoms with van der Waals surface area (Å²) in [4.78, 5) is 9.88. The van der Waals surface area contributed by atoms with Gasteiger partial charge in [-0.1, -0.05) is 6.92 Å². The first-order valence-electron chi connectivity index (χ1n) is 8.28. The topological polar surface area (TPSA) is 30.9 Å². The van der Waals surface area contributed by atoms with Gasteiger partial charge in [0.1, 0.15) is 0 Å². The molecule has 130 valence electrons. The van der Waals surface area contributed by atoms with Gasteiger partial charge in [-0.15, -0.1) is 24.0 Å². The molecule has 2 aliphatic rings. The molecule has 0 saturated carbocycles. The van der Waals surface area contributed by atoms with Gasteiger partial charge in [0.15, 0.2) is 5.96 Å². The van der Waals surface area contributed by atoms with E-state index in [1.807, 2.05) is 0 Å². The van der Waals surface area contributed by atoms with Crippen molar-refractivity contribution in [2.75, 3.05) is 63.1 Å². The van der Waals surface area contributed by atoms with Crippen LogP contribution in [0.4, 0.5) is 0 Å². The Hall–Kier alpha value is 0.660. The van der Waals surface area contributed by atoms with Gasteiger partial charge in [-0.05, 0) is 13.3 Å². The van der Waals surface area contributed by atoms with Crippen LogP contribution in [0.1, 0.15) is 20.3 Å². The minimum absolute atomic E-state index is 0. The Morgan fingerprint density at radius 3 is 2.64 bits per heavy atom. The summed E-state index contributed by atoms with van der Waals surface area (Å²) in [6.45, 7) is 12.2. The molecule has 2 fully saturated rings. The highest BCUT2D eigenvalue weighted by Crippen LogP contribution is 2.21. The number of aliphatic imine (C=N–C) groups is 1. The molecule has 7 heteroatoms. The standard InChI is InChI=1S/C15H30N4S2.HI/c1-3-14-13-19(9-12-21-14)15(16-4-2)17-5-6-18-7-10-20-11-8-18;/h14H,3-13H2,1-2H3,(H,16,17);1H. The Bertz CT molecular complexity index is 325. The maximum Gasteiger partial charge on any atom is 0.194 e. The molecule has 2 saturated heterocycles. The molecule has 0 bridgehead atoms. The minimum Gasteiger partial charge on any atom is -0.357 e. The van der Waals surface area contributed by atoms with Gasteiger partial charge in [-0.2, -0.15) is 23.5 Å². The van der Waals surface area contributed by atoms with Crippen molar-refractivity contribution in [2.45, 2.75) is 25.5 Å². The smallest absolute Gasteiger partial charge is 0.194 e. The SMILES string of the molecule is CCNC(=NCCN1CCSCC1)N1CCSC(CC)C1.I. The zero-order valence-corrected chi connectivity index (χ0v) is 17.9. The molecular weight excluding hydrogens is 427 g/mol. The maximum absolute atomic E-state index is 4.87. The van der Waals surface area contributed by atoms with Crippen LogP contribution in [0.3, 0.4) is 0 Å². The Morgan fingerprint density at radius 2 is 1.95 bits per heavy atom. The predicted molar refractivity (Wildman–Crippen MR) is 113 cm³/mol. The lowest BCUT2D eigenvalue weighted by Crippen LogP contribution is -2.48. The van der Waals surface area contributed by atoms with E-state index in [1.54, 1.807) is 0 Å². The normalized spacial score (nSPS) is 24.0. The van der Waals surface area contributed by atoms with Gasteiger partial charge in [0, 0.05) is 61.8 Å². The van der Waals surface area contributed by atoms with Crippen molar-refractivity contribution in [2.24, 2.45) is 4.99 Å². The summed E-state index contributed by atoms with van der Waals surface area (Å²) >= 11 is 4.19. The highest BCUT2D eigenvalue weighted by atomic mass is 127. The number of hydrogen-bond acceptors (Lipinski definition) is 4. The van der Waals surface area contributed by atoms with E-state index >= 15 is 0 Å². The fraction of sp³-hybridized carbons (Fsp3) is 0.933. The molecule has 22 heavy (non-hydrogen) atoms. The van der Waals surface area contributed by atoms with E-state index in [0.29, 0.717) is 0 Å². The van der Waals surface area contributed by atoms with Crippen LogP contribution in [0.2, 0.25) is 0 Å². The molecular formula is C15H31IN4S2. The molecule has 2 heterocycles. The fourth-order valence-electron chi connectivity index (χ4n) is 2.71. The molecule has 4 nitrogen and oxygen atoms in total. The molecule has 1 N–H and O–H groups in total. The monoisotopic (exact) mass is 458 g/mol. The second kappa shape index (κ2) is 12.1.